The van der Waals surface area contributed by atoms with Gasteiger partial charge in [0.05, 0.1) is 13.7 Å². The second kappa shape index (κ2) is 10.4. The first-order valence-corrected chi connectivity index (χ1v) is 9.92. The third-order valence-corrected chi connectivity index (χ3v) is 5.06. The van der Waals surface area contributed by atoms with Crippen LogP contribution in [0.25, 0.3) is 0 Å². The molecule has 1 aromatic rings. The average molecular weight is 363 g/mol. The van der Waals surface area contributed by atoms with E-state index in [1.54, 1.807) is 7.11 Å². The monoisotopic (exact) mass is 362 g/mol. The molecule has 1 fully saturated rings. The van der Waals surface area contributed by atoms with Crippen LogP contribution >= 0.6 is 0 Å². The molecule has 0 aliphatic heterocycles. The molecule has 5 nitrogen and oxygen atoms in total. The van der Waals surface area contributed by atoms with Crippen molar-refractivity contribution in [3.8, 4) is 11.5 Å². The van der Waals surface area contributed by atoms with Crippen LogP contribution in [-0.2, 0) is 11.3 Å². The van der Waals surface area contributed by atoms with E-state index < -0.39 is 0 Å². The van der Waals surface area contributed by atoms with Gasteiger partial charge in [-0.25, -0.2) is 0 Å². The summed E-state index contributed by atoms with van der Waals surface area (Å²) < 4.78 is 11.2. The first kappa shape index (κ1) is 20.6. The van der Waals surface area contributed by atoms with Crippen LogP contribution in [0.2, 0.25) is 0 Å². The van der Waals surface area contributed by atoms with Crippen LogP contribution in [-0.4, -0.2) is 37.1 Å². The fraction of sp³-hybridized carbons (Fsp3) is 0.667. The predicted molar refractivity (Wildman–Crippen MR) is 104 cm³/mol. The van der Waals surface area contributed by atoms with Gasteiger partial charge in [-0.05, 0) is 49.3 Å². The minimum Gasteiger partial charge on any atom is -0.493 e. The van der Waals surface area contributed by atoms with Crippen LogP contribution in [0, 0.1) is 5.92 Å². The lowest BCUT2D eigenvalue weighted by molar-refractivity contribution is -0.133. The Labute approximate surface area is 157 Å². The Balaban J connectivity index is 2.04. The standard InChI is InChI=1S/C21H34N2O3/c1-4-11-23(21(24)14-17-7-6-8-18(17)22)15-16-9-10-19(26-12-5-2)20(13-16)25-3/h9-10,13,17-18H,4-8,11-12,14-15,22H2,1-3H3/t17-,18+/m0/s1. The summed E-state index contributed by atoms with van der Waals surface area (Å²) >= 11 is 0. The number of carbonyl (C=O) groups is 1. The number of hydrogen-bond donors (Lipinski definition) is 1. The van der Waals surface area contributed by atoms with E-state index in [0.29, 0.717) is 25.5 Å². The van der Waals surface area contributed by atoms with Crippen molar-refractivity contribution in [3.63, 3.8) is 0 Å². The zero-order valence-electron chi connectivity index (χ0n) is 16.5. The fourth-order valence-electron chi connectivity index (χ4n) is 3.60. The van der Waals surface area contributed by atoms with E-state index in [9.17, 15) is 4.79 Å². The van der Waals surface area contributed by atoms with Crippen LogP contribution in [0.15, 0.2) is 18.2 Å². The Morgan fingerprint density at radius 3 is 2.65 bits per heavy atom. The Morgan fingerprint density at radius 1 is 1.23 bits per heavy atom. The molecule has 1 saturated carbocycles. The predicted octanol–water partition coefficient (Wildman–Crippen LogP) is 3.74. The SMILES string of the molecule is CCCOc1ccc(CN(CCC)C(=O)C[C@@H]2CCC[C@H]2N)cc1OC. The Bertz CT molecular complexity index is 576. The van der Waals surface area contributed by atoms with E-state index in [1.165, 1.54) is 0 Å². The minimum atomic E-state index is 0.178. The number of ether oxygens (including phenoxy) is 2. The van der Waals surface area contributed by atoms with Crippen molar-refractivity contribution in [1.82, 2.24) is 4.90 Å². The van der Waals surface area contributed by atoms with Gasteiger partial charge in [-0.1, -0.05) is 26.3 Å². The maximum Gasteiger partial charge on any atom is 0.223 e. The summed E-state index contributed by atoms with van der Waals surface area (Å²) in [6.45, 7) is 6.20. The molecule has 2 N–H and O–H groups in total. The molecule has 0 saturated heterocycles. The molecule has 0 spiro atoms. The number of amides is 1. The van der Waals surface area contributed by atoms with Crippen LogP contribution < -0.4 is 15.2 Å². The molecule has 1 aromatic carbocycles. The molecule has 5 heteroatoms. The van der Waals surface area contributed by atoms with Gasteiger partial charge < -0.3 is 20.1 Å². The quantitative estimate of drug-likeness (QED) is 0.689. The van der Waals surface area contributed by atoms with Gasteiger partial charge >= 0.3 is 0 Å². The summed E-state index contributed by atoms with van der Waals surface area (Å²) in [4.78, 5) is 14.8. The molecule has 1 aliphatic carbocycles. The van der Waals surface area contributed by atoms with Gasteiger partial charge in [-0.15, -0.1) is 0 Å². The van der Waals surface area contributed by atoms with Gasteiger partial charge in [-0.2, -0.15) is 0 Å². The Kier molecular flexibility index (Phi) is 8.23. The van der Waals surface area contributed by atoms with Gasteiger partial charge in [0, 0.05) is 25.6 Å². The Morgan fingerprint density at radius 2 is 2.04 bits per heavy atom. The summed E-state index contributed by atoms with van der Waals surface area (Å²) in [6.07, 6.45) is 5.72. The van der Waals surface area contributed by atoms with Crippen LogP contribution in [0.4, 0.5) is 0 Å². The topological polar surface area (TPSA) is 64.8 Å². The zero-order valence-corrected chi connectivity index (χ0v) is 16.5. The van der Waals surface area contributed by atoms with Crippen LogP contribution in [0.3, 0.4) is 0 Å². The van der Waals surface area contributed by atoms with Crippen molar-refractivity contribution in [2.45, 2.75) is 65.0 Å². The summed E-state index contributed by atoms with van der Waals surface area (Å²) in [7, 11) is 1.65. The lowest BCUT2D eigenvalue weighted by Gasteiger charge is -2.25. The zero-order chi connectivity index (χ0) is 18.9. The summed E-state index contributed by atoms with van der Waals surface area (Å²) in [5.41, 5.74) is 7.21. The Hall–Kier alpha value is -1.75. The van der Waals surface area contributed by atoms with E-state index in [0.717, 1.165) is 55.7 Å². The molecule has 0 heterocycles. The molecule has 0 unspecified atom stereocenters. The first-order chi connectivity index (χ1) is 12.6. The lowest BCUT2D eigenvalue weighted by atomic mass is 9.99. The van der Waals surface area contributed by atoms with Crippen molar-refractivity contribution in [1.29, 1.82) is 0 Å². The molecular weight excluding hydrogens is 328 g/mol. The van der Waals surface area contributed by atoms with Crippen LogP contribution in [0.5, 0.6) is 11.5 Å². The molecule has 2 rings (SSSR count). The number of benzene rings is 1. The highest BCUT2D eigenvalue weighted by Gasteiger charge is 2.28. The summed E-state index contributed by atoms with van der Waals surface area (Å²) in [5, 5.41) is 0. The van der Waals surface area contributed by atoms with Gasteiger partial charge in [0.2, 0.25) is 5.91 Å². The first-order valence-electron chi connectivity index (χ1n) is 9.92. The van der Waals surface area contributed by atoms with E-state index in [1.807, 2.05) is 23.1 Å². The highest BCUT2D eigenvalue weighted by molar-refractivity contribution is 5.76. The molecule has 0 radical (unpaired) electrons. The summed E-state index contributed by atoms with van der Waals surface area (Å²) in [5.74, 6) is 2.02. The maximum atomic E-state index is 12.8. The van der Waals surface area contributed by atoms with Crippen molar-refractivity contribution in [2.75, 3.05) is 20.3 Å². The smallest absolute Gasteiger partial charge is 0.223 e. The number of nitrogens with two attached hydrogens (primary N) is 1. The van der Waals surface area contributed by atoms with Crippen molar-refractivity contribution < 1.29 is 14.3 Å². The van der Waals surface area contributed by atoms with Crippen molar-refractivity contribution in [3.05, 3.63) is 23.8 Å². The fourth-order valence-corrected chi connectivity index (χ4v) is 3.60. The average Bonchev–Trinajstić information content (AvgIpc) is 3.04. The molecule has 1 amide bonds. The second-order valence-electron chi connectivity index (χ2n) is 7.21. The molecular formula is C21H34N2O3. The summed E-state index contributed by atoms with van der Waals surface area (Å²) in [6, 6.07) is 6.11. The number of methoxy groups -OCH3 is 1. The van der Waals surface area contributed by atoms with E-state index >= 15 is 0 Å². The third-order valence-electron chi connectivity index (χ3n) is 5.06. The molecule has 146 valence electrons. The molecule has 2 atom stereocenters. The third kappa shape index (κ3) is 5.63. The van der Waals surface area contributed by atoms with E-state index in [2.05, 4.69) is 13.8 Å². The van der Waals surface area contributed by atoms with E-state index in [-0.39, 0.29) is 11.9 Å². The second-order valence-corrected chi connectivity index (χ2v) is 7.21. The lowest BCUT2D eigenvalue weighted by Crippen LogP contribution is -2.35. The van der Waals surface area contributed by atoms with Gasteiger partial charge in [-0.3, -0.25) is 4.79 Å². The van der Waals surface area contributed by atoms with Crippen molar-refractivity contribution >= 4 is 5.91 Å². The number of carbonyl (C=O) groups excluding carboxylic acids is 1. The highest BCUT2D eigenvalue weighted by Crippen LogP contribution is 2.30. The highest BCUT2D eigenvalue weighted by atomic mass is 16.5. The number of hydrogen-bond acceptors (Lipinski definition) is 4. The van der Waals surface area contributed by atoms with Gasteiger partial charge in [0.15, 0.2) is 11.5 Å². The molecule has 0 bridgehead atoms. The normalized spacial score (nSPS) is 19.4. The van der Waals surface area contributed by atoms with Crippen LogP contribution in [0.1, 0.15) is 57.9 Å². The number of rotatable bonds is 10. The number of nitrogens with zero attached hydrogens (tertiary/aromatic N) is 1. The van der Waals surface area contributed by atoms with Gasteiger partial charge in [0.1, 0.15) is 0 Å². The van der Waals surface area contributed by atoms with E-state index in [4.69, 9.17) is 15.2 Å². The molecule has 26 heavy (non-hydrogen) atoms. The van der Waals surface area contributed by atoms with Crippen molar-refractivity contribution in [2.24, 2.45) is 11.7 Å². The largest absolute Gasteiger partial charge is 0.493 e. The molecule has 1 aliphatic rings. The van der Waals surface area contributed by atoms with Gasteiger partial charge in [0.25, 0.3) is 0 Å². The minimum absolute atomic E-state index is 0.178. The molecule has 0 aromatic heterocycles. The maximum absolute atomic E-state index is 12.8.